The van der Waals surface area contributed by atoms with Crippen LogP contribution in [0.3, 0.4) is 0 Å². The van der Waals surface area contributed by atoms with Gasteiger partial charge in [-0.3, -0.25) is 4.99 Å². The Kier molecular flexibility index (Phi) is 5.66. The van der Waals surface area contributed by atoms with E-state index in [1.807, 2.05) is 24.9 Å². The molecule has 0 bridgehead atoms. The molecule has 0 amide bonds. The molecular formula is C19H26N4OS2. The molecule has 0 aliphatic carbocycles. The zero-order chi connectivity index (χ0) is 17.9. The van der Waals surface area contributed by atoms with Gasteiger partial charge in [0.2, 0.25) is 0 Å². The van der Waals surface area contributed by atoms with Gasteiger partial charge >= 0.3 is 0 Å². The first-order valence-electron chi connectivity index (χ1n) is 9.17. The fourth-order valence-electron chi connectivity index (χ4n) is 3.51. The number of nitrogens with one attached hydrogen (secondary N) is 2. The summed E-state index contributed by atoms with van der Waals surface area (Å²) < 4.78 is 5.41. The molecule has 7 heteroatoms. The third-order valence-corrected chi connectivity index (χ3v) is 7.26. The van der Waals surface area contributed by atoms with Gasteiger partial charge in [-0.1, -0.05) is 11.8 Å². The Morgan fingerprint density at radius 3 is 2.92 bits per heavy atom. The van der Waals surface area contributed by atoms with Crippen LogP contribution >= 0.6 is 23.5 Å². The number of aromatic amines is 1. The van der Waals surface area contributed by atoms with Crippen LogP contribution < -0.4 is 10.1 Å². The number of H-pyrrole nitrogens is 1. The van der Waals surface area contributed by atoms with Crippen LogP contribution in [0.2, 0.25) is 0 Å². The maximum absolute atomic E-state index is 5.41. The van der Waals surface area contributed by atoms with Crippen molar-refractivity contribution in [3.8, 4) is 5.75 Å². The topological polar surface area (TPSA) is 52.6 Å². The van der Waals surface area contributed by atoms with Crippen molar-refractivity contribution in [1.29, 1.82) is 0 Å². The summed E-state index contributed by atoms with van der Waals surface area (Å²) in [7, 11) is 3.64. The summed E-state index contributed by atoms with van der Waals surface area (Å²) in [5, 5.41) is 6.14. The Labute approximate surface area is 163 Å². The van der Waals surface area contributed by atoms with Crippen molar-refractivity contribution in [2.45, 2.75) is 11.7 Å². The first-order chi connectivity index (χ1) is 12.8. The number of anilines is 1. The fraction of sp³-hybridized carbons (Fsp3) is 0.526. The monoisotopic (exact) mass is 390 g/mol. The van der Waals surface area contributed by atoms with Crippen LogP contribution in [0.15, 0.2) is 23.2 Å². The van der Waals surface area contributed by atoms with Crippen LogP contribution in [0.25, 0.3) is 10.9 Å². The van der Waals surface area contributed by atoms with Gasteiger partial charge in [0.25, 0.3) is 0 Å². The highest BCUT2D eigenvalue weighted by molar-refractivity contribution is 8.15. The number of benzene rings is 1. The van der Waals surface area contributed by atoms with E-state index in [0.717, 1.165) is 39.6 Å². The van der Waals surface area contributed by atoms with Crippen LogP contribution in [0.4, 0.5) is 5.69 Å². The standard InChI is InChI=1S/C19H26N4OS2/c1-20-16-11-14(24-2)9-13-10-17(22-18(13)16)19-21-12-15(26-19)3-4-23-5-7-25-8-6-23/h9-11,15,20,22H,3-8,12H2,1-2H3. The van der Waals surface area contributed by atoms with E-state index in [1.165, 1.54) is 37.6 Å². The average molecular weight is 391 g/mol. The van der Waals surface area contributed by atoms with E-state index in [0.29, 0.717) is 5.25 Å². The second kappa shape index (κ2) is 8.15. The van der Waals surface area contributed by atoms with Gasteiger partial charge in [0.05, 0.1) is 30.6 Å². The lowest BCUT2D eigenvalue weighted by Crippen LogP contribution is -2.34. The Bertz CT molecular complexity index is 798. The van der Waals surface area contributed by atoms with Gasteiger partial charge in [-0.05, 0) is 25.1 Å². The van der Waals surface area contributed by atoms with Crippen molar-refractivity contribution >= 4 is 45.2 Å². The summed E-state index contributed by atoms with van der Waals surface area (Å²) in [5.74, 6) is 3.43. The minimum Gasteiger partial charge on any atom is -0.497 e. The van der Waals surface area contributed by atoms with Crippen molar-refractivity contribution in [2.75, 3.05) is 57.2 Å². The van der Waals surface area contributed by atoms with Crippen molar-refractivity contribution < 1.29 is 4.74 Å². The largest absolute Gasteiger partial charge is 0.497 e. The maximum Gasteiger partial charge on any atom is 0.121 e. The summed E-state index contributed by atoms with van der Waals surface area (Å²) >= 11 is 4.00. The first kappa shape index (κ1) is 18.1. The lowest BCUT2D eigenvalue weighted by Gasteiger charge is -2.26. The number of ether oxygens (including phenoxy) is 1. The summed E-state index contributed by atoms with van der Waals surface area (Å²) in [6.07, 6.45) is 1.22. The van der Waals surface area contributed by atoms with Gasteiger partial charge in [0.1, 0.15) is 10.8 Å². The molecule has 0 saturated carbocycles. The Morgan fingerprint density at radius 1 is 1.31 bits per heavy atom. The molecule has 2 aliphatic rings. The number of hydrogen-bond donors (Lipinski definition) is 2. The molecule has 1 atom stereocenters. The zero-order valence-corrected chi connectivity index (χ0v) is 17.0. The number of rotatable bonds is 6. The van der Waals surface area contributed by atoms with E-state index in [2.05, 4.69) is 39.1 Å². The predicted octanol–water partition coefficient (Wildman–Crippen LogP) is 3.52. The summed E-state index contributed by atoms with van der Waals surface area (Å²) in [5.41, 5.74) is 3.28. The summed E-state index contributed by atoms with van der Waals surface area (Å²) in [4.78, 5) is 11.0. The number of thioether (sulfide) groups is 2. The van der Waals surface area contributed by atoms with Crippen LogP contribution in [-0.2, 0) is 0 Å². The average Bonchev–Trinajstić information content (AvgIpc) is 3.33. The minimum atomic E-state index is 0.601. The molecule has 26 heavy (non-hydrogen) atoms. The third kappa shape index (κ3) is 3.85. The number of aromatic nitrogens is 1. The van der Waals surface area contributed by atoms with Gasteiger partial charge in [-0.2, -0.15) is 11.8 Å². The molecule has 3 heterocycles. The van der Waals surface area contributed by atoms with E-state index in [-0.39, 0.29) is 0 Å². The van der Waals surface area contributed by atoms with Gasteiger partial charge in [-0.15, -0.1) is 0 Å². The third-order valence-electron chi connectivity index (χ3n) is 5.03. The number of fused-ring (bicyclic) bond motifs is 1. The smallest absolute Gasteiger partial charge is 0.121 e. The van der Waals surface area contributed by atoms with E-state index in [9.17, 15) is 0 Å². The number of nitrogens with zero attached hydrogens (tertiary/aromatic N) is 2. The number of hydrogen-bond acceptors (Lipinski definition) is 6. The molecular weight excluding hydrogens is 364 g/mol. The lowest BCUT2D eigenvalue weighted by molar-refractivity contribution is 0.298. The van der Waals surface area contributed by atoms with E-state index in [1.54, 1.807) is 7.11 Å². The molecule has 2 aromatic rings. The molecule has 1 aromatic heterocycles. The van der Waals surface area contributed by atoms with Gasteiger partial charge in [-0.25, -0.2) is 0 Å². The lowest BCUT2D eigenvalue weighted by atomic mass is 10.2. The first-order valence-corrected chi connectivity index (χ1v) is 11.2. The highest BCUT2D eigenvalue weighted by Gasteiger charge is 2.23. The van der Waals surface area contributed by atoms with Crippen LogP contribution in [0.1, 0.15) is 12.1 Å². The molecule has 2 aliphatic heterocycles. The molecule has 5 nitrogen and oxygen atoms in total. The quantitative estimate of drug-likeness (QED) is 0.790. The number of methoxy groups -OCH3 is 1. The van der Waals surface area contributed by atoms with Crippen molar-refractivity contribution in [3.63, 3.8) is 0 Å². The van der Waals surface area contributed by atoms with Crippen LogP contribution in [0.5, 0.6) is 5.75 Å². The fourth-order valence-corrected chi connectivity index (χ4v) is 5.57. The molecule has 2 N–H and O–H groups in total. The maximum atomic E-state index is 5.41. The Hall–Kier alpha value is -1.31. The molecule has 0 spiro atoms. The van der Waals surface area contributed by atoms with Crippen molar-refractivity contribution in [1.82, 2.24) is 9.88 Å². The molecule has 140 valence electrons. The molecule has 4 rings (SSSR count). The second-order valence-corrected chi connectivity index (χ2v) is 9.21. The molecule has 1 saturated heterocycles. The van der Waals surface area contributed by atoms with Crippen molar-refractivity contribution in [2.24, 2.45) is 4.99 Å². The summed E-state index contributed by atoms with van der Waals surface area (Å²) in [6.45, 7) is 4.62. The van der Waals surface area contributed by atoms with E-state index in [4.69, 9.17) is 9.73 Å². The van der Waals surface area contributed by atoms with Crippen LogP contribution in [-0.4, -0.2) is 72.0 Å². The van der Waals surface area contributed by atoms with Gasteiger partial charge < -0.3 is 19.9 Å². The normalized spacial score (nSPS) is 21.2. The predicted molar refractivity (Wildman–Crippen MR) is 116 cm³/mol. The second-order valence-electron chi connectivity index (χ2n) is 6.70. The Balaban J connectivity index is 1.43. The molecule has 1 aromatic carbocycles. The van der Waals surface area contributed by atoms with Gasteiger partial charge in [0.15, 0.2) is 0 Å². The van der Waals surface area contributed by atoms with E-state index < -0.39 is 0 Å². The van der Waals surface area contributed by atoms with Crippen LogP contribution in [0, 0.1) is 0 Å². The van der Waals surface area contributed by atoms with E-state index >= 15 is 0 Å². The molecule has 1 unspecified atom stereocenters. The SMILES string of the molecule is CNc1cc(OC)cc2cc(C3=NCC(CCN4CCSCC4)S3)[nH]c12. The Morgan fingerprint density at radius 2 is 2.15 bits per heavy atom. The van der Waals surface area contributed by atoms with Crippen molar-refractivity contribution in [3.05, 3.63) is 23.9 Å². The summed E-state index contributed by atoms with van der Waals surface area (Å²) in [6, 6.07) is 6.28. The molecule has 1 fully saturated rings. The molecule has 0 radical (unpaired) electrons. The highest BCUT2D eigenvalue weighted by Crippen LogP contribution is 2.33. The highest BCUT2D eigenvalue weighted by atomic mass is 32.2. The number of aliphatic imine (C=N–C) groups is 1. The zero-order valence-electron chi connectivity index (χ0n) is 15.4. The minimum absolute atomic E-state index is 0.601. The van der Waals surface area contributed by atoms with Gasteiger partial charge in [0, 0.05) is 48.3 Å².